The molecule has 148 valence electrons. The van der Waals surface area contributed by atoms with Gasteiger partial charge in [-0.15, -0.1) is 13.2 Å². The number of rotatable bonds is 5. The molecular weight excluding hydrogens is 377 g/mol. The molecule has 0 saturated carbocycles. The van der Waals surface area contributed by atoms with Gasteiger partial charge in [-0.2, -0.15) is 0 Å². The lowest BCUT2D eigenvalue weighted by atomic mass is 9.93. The van der Waals surface area contributed by atoms with Gasteiger partial charge in [0.05, 0.1) is 5.69 Å². The van der Waals surface area contributed by atoms with E-state index in [-0.39, 0.29) is 12.1 Å². The Morgan fingerprint density at radius 1 is 1.21 bits per heavy atom. The van der Waals surface area contributed by atoms with Gasteiger partial charge in [0.25, 0.3) is 5.91 Å². The summed E-state index contributed by atoms with van der Waals surface area (Å²) in [6.07, 6.45) is -3.01. The van der Waals surface area contributed by atoms with Crippen molar-refractivity contribution < 1.29 is 27.5 Å². The summed E-state index contributed by atoms with van der Waals surface area (Å²) in [4.78, 5) is 30.3. The molecule has 1 fully saturated rings. The molecule has 2 heterocycles. The third-order valence-electron chi connectivity index (χ3n) is 4.23. The van der Waals surface area contributed by atoms with Crippen molar-refractivity contribution in [3.63, 3.8) is 0 Å². The monoisotopic (exact) mass is 394 g/mol. The van der Waals surface area contributed by atoms with Crippen molar-refractivity contribution in [2.45, 2.75) is 25.2 Å². The van der Waals surface area contributed by atoms with Crippen LogP contribution in [0.1, 0.15) is 12.5 Å². The van der Waals surface area contributed by atoms with E-state index in [4.69, 9.17) is 0 Å². The zero-order chi connectivity index (χ0) is 20.5. The second-order valence-electron chi connectivity index (χ2n) is 6.42. The molecule has 3 rings (SSSR count). The van der Waals surface area contributed by atoms with Crippen molar-refractivity contribution in [2.24, 2.45) is 0 Å². The number of hydrogen-bond donors (Lipinski definition) is 2. The van der Waals surface area contributed by atoms with Crippen molar-refractivity contribution in [2.75, 3.05) is 17.3 Å². The Bertz CT molecular complexity index is 902. The lowest BCUT2D eigenvalue weighted by Gasteiger charge is -2.22. The summed E-state index contributed by atoms with van der Waals surface area (Å²) < 4.78 is 40.6. The Morgan fingerprint density at radius 3 is 2.50 bits per heavy atom. The Hall–Kier alpha value is -3.30. The summed E-state index contributed by atoms with van der Waals surface area (Å²) in [6, 6.07) is 7.36. The minimum absolute atomic E-state index is 0.145. The number of alkyl halides is 3. The fourth-order valence-electron chi connectivity index (χ4n) is 2.96. The van der Waals surface area contributed by atoms with Crippen LogP contribution in [0.3, 0.4) is 0 Å². The molecule has 28 heavy (non-hydrogen) atoms. The van der Waals surface area contributed by atoms with Crippen molar-refractivity contribution in [1.29, 1.82) is 0 Å². The van der Waals surface area contributed by atoms with Crippen LogP contribution in [0.2, 0.25) is 0 Å². The molecule has 1 aliphatic rings. The van der Waals surface area contributed by atoms with E-state index in [1.165, 1.54) is 12.1 Å². The zero-order valence-corrected chi connectivity index (χ0v) is 15.0. The first-order valence-electron chi connectivity index (χ1n) is 8.26. The van der Waals surface area contributed by atoms with Gasteiger partial charge in [0.1, 0.15) is 17.1 Å². The van der Waals surface area contributed by atoms with Crippen LogP contribution < -0.4 is 20.3 Å². The number of pyridine rings is 1. The predicted octanol–water partition coefficient (Wildman–Crippen LogP) is 3.08. The lowest BCUT2D eigenvalue weighted by Crippen LogP contribution is -2.46. The second kappa shape index (κ2) is 7.02. The molecule has 7 nitrogen and oxygen atoms in total. The molecule has 1 saturated heterocycles. The molecule has 2 N–H and O–H groups in total. The summed E-state index contributed by atoms with van der Waals surface area (Å²) in [6.45, 7) is 1.59. The minimum atomic E-state index is -4.82. The molecular formula is C18H17F3N4O3. The van der Waals surface area contributed by atoms with E-state index in [2.05, 4.69) is 20.4 Å². The normalized spacial score (nSPS) is 19.5. The third-order valence-corrected chi connectivity index (χ3v) is 4.23. The summed E-state index contributed by atoms with van der Waals surface area (Å²) in [7, 11) is 1.71. The number of anilines is 2. The molecule has 2 aromatic rings. The second-order valence-corrected chi connectivity index (χ2v) is 6.42. The van der Waals surface area contributed by atoms with Gasteiger partial charge in [-0.05, 0) is 48.9 Å². The van der Waals surface area contributed by atoms with Crippen LogP contribution in [0.5, 0.6) is 5.75 Å². The average molecular weight is 394 g/mol. The molecule has 1 atom stereocenters. The van der Waals surface area contributed by atoms with Crippen LogP contribution in [0.15, 0.2) is 42.6 Å². The summed E-state index contributed by atoms with van der Waals surface area (Å²) >= 11 is 0. The Balaban J connectivity index is 1.80. The van der Waals surface area contributed by atoms with E-state index in [9.17, 15) is 22.8 Å². The fraction of sp³-hybridized carbons (Fsp3) is 0.278. The number of aromatic nitrogens is 1. The first-order chi connectivity index (χ1) is 13.1. The Morgan fingerprint density at radius 2 is 1.89 bits per heavy atom. The highest BCUT2D eigenvalue weighted by molar-refractivity contribution is 6.23. The van der Waals surface area contributed by atoms with E-state index >= 15 is 0 Å². The number of halogens is 3. The van der Waals surface area contributed by atoms with Crippen LogP contribution in [0, 0.1) is 0 Å². The van der Waals surface area contributed by atoms with E-state index < -0.39 is 29.6 Å². The molecule has 1 aliphatic heterocycles. The van der Waals surface area contributed by atoms with Gasteiger partial charge in [0.15, 0.2) is 0 Å². The lowest BCUT2D eigenvalue weighted by molar-refractivity contribution is -0.274. The number of ether oxygens (including phenoxy) is 1. The smallest absolute Gasteiger partial charge is 0.406 e. The van der Waals surface area contributed by atoms with Crippen LogP contribution >= 0.6 is 0 Å². The van der Waals surface area contributed by atoms with E-state index in [1.54, 1.807) is 32.3 Å². The molecule has 0 spiro atoms. The van der Waals surface area contributed by atoms with E-state index in [1.807, 2.05) is 0 Å². The number of carbonyl (C=O) groups is 2. The average Bonchev–Trinajstić information content (AvgIpc) is 2.83. The Kier molecular flexibility index (Phi) is 4.88. The van der Waals surface area contributed by atoms with E-state index in [0.717, 1.165) is 22.6 Å². The van der Waals surface area contributed by atoms with Gasteiger partial charge >= 0.3 is 12.4 Å². The number of hydrogen-bond acceptors (Lipinski definition) is 5. The molecule has 1 unspecified atom stereocenters. The fourth-order valence-corrected chi connectivity index (χ4v) is 2.96. The topological polar surface area (TPSA) is 83.6 Å². The van der Waals surface area contributed by atoms with Crippen LogP contribution in [0.4, 0.5) is 29.5 Å². The standard InChI is InChI=1S/C18H17F3N4O3/c1-17(10-11-7-8-23-14(9-11)22-2)15(26)25(16(27)24-17)12-3-5-13(6-4-12)28-18(19,20)21/h3-9H,10H2,1-2H3,(H,22,23)(H,24,27). The van der Waals surface area contributed by atoms with Crippen LogP contribution in [-0.2, 0) is 11.2 Å². The van der Waals surface area contributed by atoms with Crippen molar-refractivity contribution in [3.8, 4) is 5.75 Å². The first-order valence-corrected chi connectivity index (χ1v) is 8.26. The van der Waals surface area contributed by atoms with E-state index in [0.29, 0.717) is 5.82 Å². The van der Waals surface area contributed by atoms with Gasteiger partial charge in [-0.25, -0.2) is 14.7 Å². The summed E-state index contributed by atoms with van der Waals surface area (Å²) in [5.74, 6) is -0.331. The SMILES string of the molecule is CNc1cc(CC2(C)NC(=O)N(c3ccc(OC(F)(F)F)cc3)C2=O)ccn1. The molecule has 3 amide bonds. The number of nitrogens with one attached hydrogen (secondary N) is 2. The summed E-state index contributed by atoms with van der Waals surface area (Å²) in [5, 5.41) is 5.55. The largest absolute Gasteiger partial charge is 0.573 e. The molecule has 0 radical (unpaired) electrons. The molecule has 0 aliphatic carbocycles. The van der Waals surface area contributed by atoms with Crippen molar-refractivity contribution in [1.82, 2.24) is 10.3 Å². The number of benzene rings is 1. The Labute approximate surface area is 158 Å². The molecule has 1 aromatic heterocycles. The quantitative estimate of drug-likeness (QED) is 0.762. The molecule has 10 heteroatoms. The summed E-state index contributed by atoms with van der Waals surface area (Å²) in [5.41, 5.74) is -0.275. The molecule has 0 bridgehead atoms. The van der Waals surface area contributed by atoms with Gasteiger partial charge in [0.2, 0.25) is 0 Å². The maximum Gasteiger partial charge on any atom is 0.573 e. The van der Waals surface area contributed by atoms with Crippen LogP contribution in [-0.4, -0.2) is 35.9 Å². The van der Waals surface area contributed by atoms with Gasteiger partial charge in [0, 0.05) is 19.7 Å². The maximum atomic E-state index is 12.9. The highest BCUT2D eigenvalue weighted by atomic mass is 19.4. The number of imide groups is 1. The van der Waals surface area contributed by atoms with Crippen molar-refractivity contribution >= 4 is 23.4 Å². The van der Waals surface area contributed by atoms with Gasteiger partial charge in [-0.1, -0.05) is 0 Å². The van der Waals surface area contributed by atoms with Gasteiger partial charge in [-0.3, -0.25) is 4.79 Å². The van der Waals surface area contributed by atoms with Crippen molar-refractivity contribution in [3.05, 3.63) is 48.2 Å². The van der Waals surface area contributed by atoms with Gasteiger partial charge < -0.3 is 15.4 Å². The highest BCUT2D eigenvalue weighted by Gasteiger charge is 2.48. The van der Waals surface area contributed by atoms with Crippen LogP contribution in [0.25, 0.3) is 0 Å². The number of nitrogens with zero attached hydrogens (tertiary/aromatic N) is 2. The first kappa shape index (κ1) is 19.5. The zero-order valence-electron chi connectivity index (χ0n) is 15.0. The third kappa shape index (κ3) is 4.00. The maximum absolute atomic E-state index is 12.9. The minimum Gasteiger partial charge on any atom is -0.406 e. The highest BCUT2D eigenvalue weighted by Crippen LogP contribution is 2.30. The molecule has 1 aromatic carbocycles. The number of carbonyl (C=O) groups excluding carboxylic acids is 2. The number of amides is 3. The predicted molar refractivity (Wildman–Crippen MR) is 95.0 cm³/mol. The number of urea groups is 1.